The summed E-state index contributed by atoms with van der Waals surface area (Å²) in [7, 11) is 0. The Morgan fingerprint density at radius 1 is 1.26 bits per heavy atom. The van der Waals surface area contributed by atoms with Gasteiger partial charge in [-0.05, 0) is 43.5 Å². The number of nitrogens with one attached hydrogen (secondary N) is 3. The number of rotatable bonds is 6. The van der Waals surface area contributed by atoms with Crippen molar-refractivity contribution in [1.29, 1.82) is 0 Å². The molecule has 158 valence electrons. The maximum atomic E-state index is 13.3. The molecule has 1 aromatic carbocycles. The van der Waals surface area contributed by atoms with Gasteiger partial charge in [0, 0.05) is 29.3 Å². The predicted molar refractivity (Wildman–Crippen MR) is 114 cm³/mol. The van der Waals surface area contributed by atoms with Crippen LogP contribution in [0.2, 0.25) is 0 Å². The first-order chi connectivity index (χ1) is 15.0. The number of aromatic nitrogens is 3. The number of nitrogens with zero attached hydrogens (tertiary/aromatic N) is 3. The topological polar surface area (TPSA) is 100 Å². The highest BCUT2D eigenvalue weighted by molar-refractivity contribution is 6.15. The summed E-state index contributed by atoms with van der Waals surface area (Å²) in [5.74, 6) is 0.433. The molecule has 0 unspecified atom stereocenters. The van der Waals surface area contributed by atoms with E-state index in [9.17, 15) is 14.0 Å². The van der Waals surface area contributed by atoms with E-state index in [2.05, 4.69) is 21.0 Å². The Bertz CT molecular complexity index is 1210. The second-order valence-corrected chi connectivity index (χ2v) is 7.92. The van der Waals surface area contributed by atoms with Crippen LogP contribution in [0.5, 0.6) is 0 Å². The van der Waals surface area contributed by atoms with E-state index in [-0.39, 0.29) is 30.1 Å². The van der Waals surface area contributed by atoms with Crippen LogP contribution in [0, 0.1) is 5.82 Å². The molecular weight excluding hydrogens is 399 g/mol. The third kappa shape index (κ3) is 3.98. The molecule has 1 saturated carbocycles. The lowest BCUT2D eigenvalue weighted by atomic mass is 10.1. The molecule has 8 nitrogen and oxygen atoms in total. The van der Waals surface area contributed by atoms with E-state index < -0.39 is 0 Å². The summed E-state index contributed by atoms with van der Waals surface area (Å²) in [5.41, 5.74) is 2.53. The van der Waals surface area contributed by atoms with E-state index >= 15 is 0 Å². The largest absolute Gasteiger partial charge is 0.367 e. The fourth-order valence-corrected chi connectivity index (χ4v) is 3.56. The van der Waals surface area contributed by atoms with Gasteiger partial charge in [0.05, 0.1) is 12.6 Å². The van der Waals surface area contributed by atoms with Crippen LogP contribution >= 0.6 is 0 Å². The molecule has 0 bridgehead atoms. The van der Waals surface area contributed by atoms with Gasteiger partial charge in [-0.1, -0.05) is 12.1 Å². The molecule has 0 radical (unpaired) electrons. The summed E-state index contributed by atoms with van der Waals surface area (Å²) < 4.78 is 15.0. The number of fused-ring (bicyclic) bond motifs is 1. The van der Waals surface area contributed by atoms with Crippen LogP contribution in [0.15, 0.2) is 42.1 Å². The molecule has 0 spiro atoms. The van der Waals surface area contributed by atoms with Gasteiger partial charge < -0.3 is 10.6 Å². The molecule has 1 aliphatic heterocycles. The zero-order valence-corrected chi connectivity index (χ0v) is 16.9. The lowest BCUT2D eigenvalue weighted by molar-refractivity contribution is -0.124. The summed E-state index contributed by atoms with van der Waals surface area (Å²) in [6.07, 6.45) is 5.53. The first-order valence-corrected chi connectivity index (χ1v) is 10.2. The van der Waals surface area contributed by atoms with Crippen molar-refractivity contribution in [1.82, 2.24) is 19.9 Å². The molecule has 5 rings (SSSR count). The van der Waals surface area contributed by atoms with Gasteiger partial charge in [0.2, 0.25) is 5.91 Å². The average molecular weight is 420 g/mol. The van der Waals surface area contributed by atoms with Gasteiger partial charge in [0.15, 0.2) is 5.65 Å². The maximum absolute atomic E-state index is 13.3. The zero-order valence-electron chi connectivity index (χ0n) is 16.9. The Labute approximate surface area is 177 Å². The second kappa shape index (κ2) is 7.50. The molecule has 9 heteroatoms. The van der Waals surface area contributed by atoms with E-state index in [1.54, 1.807) is 28.9 Å². The Morgan fingerprint density at radius 2 is 2.03 bits per heavy atom. The van der Waals surface area contributed by atoms with Crippen molar-refractivity contribution < 1.29 is 14.0 Å². The first kappa shape index (κ1) is 19.2. The average Bonchev–Trinajstić information content (AvgIpc) is 3.37. The van der Waals surface area contributed by atoms with E-state index in [0.717, 1.165) is 24.2 Å². The molecule has 1 aliphatic carbocycles. The number of hydrogen-bond donors (Lipinski definition) is 3. The molecule has 2 amide bonds. The molecule has 2 aliphatic rings. The maximum Gasteiger partial charge on any atom is 0.254 e. The number of benzene rings is 1. The van der Waals surface area contributed by atoms with Crippen LogP contribution in [0.3, 0.4) is 0 Å². The van der Waals surface area contributed by atoms with Crippen molar-refractivity contribution in [3.63, 3.8) is 0 Å². The fourth-order valence-electron chi connectivity index (χ4n) is 3.56. The second-order valence-electron chi connectivity index (χ2n) is 7.92. The van der Waals surface area contributed by atoms with Crippen LogP contribution in [0.1, 0.15) is 43.4 Å². The Kier molecular flexibility index (Phi) is 4.65. The van der Waals surface area contributed by atoms with Crippen molar-refractivity contribution in [2.45, 2.75) is 38.3 Å². The minimum Gasteiger partial charge on any atom is -0.367 e. The summed E-state index contributed by atoms with van der Waals surface area (Å²) in [6.45, 7) is 1.97. The first-order valence-electron chi connectivity index (χ1n) is 10.2. The van der Waals surface area contributed by atoms with E-state index in [1.807, 2.05) is 13.0 Å². The third-order valence-electron chi connectivity index (χ3n) is 5.39. The van der Waals surface area contributed by atoms with Gasteiger partial charge in [0.25, 0.3) is 5.91 Å². The minimum absolute atomic E-state index is 0.0445. The van der Waals surface area contributed by atoms with E-state index in [0.29, 0.717) is 28.6 Å². The quantitative estimate of drug-likeness (QED) is 0.419. The summed E-state index contributed by atoms with van der Waals surface area (Å²) in [6, 6.07) is 8.52. The molecule has 2 fully saturated rings. The summed E-state index contributed by atoms with van der Waals surface area (Å²) >= 11 is 0. The molecule has 1 saturated heterocycles. The van der Waals surface area contributed by atoms with Crippen LogP contribution < -0.4 is 16.0 Å². The summed E-state index contributed by atoms with van der Waals surface area (Å²) in [4.78, 5) is 28.2. The van der Waals surface area contributed by atoms with Crippen LogP contribution in [-0.2, 0) is 9.59 Å². The van der Waals surface area contributed by atoms with Crippen molar-refractivity contribution >= 4 is 35.2 Å². The van der Waals surface area contributed by atoms with Gasteiger partial charge in [-0.15, -0.1) is 0 Å². The van der Waals surface area contributed by atoms with Gasteiger partial charge >= 0.3 is 0 Å². The Balaban J connectivity index is 1.52. The normalized spacial score (nSPS) is 18.5. The molecular formula is C22H21FN6O2. The van der Waals surface area contributed by atoms with Crippen LogP contribution in [0.25, 0.3) is 11.7 Å². The smallest absolute Gasteiger partial charge is 0.254 e. The minimum atomic E-state index is -0.389. The number of carbonyl (C=O) groups is 2. The number of imide groups is 1. The van der Waals surface area contributed by atoms with Crippen molar-refractivity contribution in [3.05, 3.63) is 59.0 Å². The SMILES string of the molecule is C[C@H](Nc1cc(NC2CC2)n2ncc(C=C3CC(=O)NC3=O)c2n1)c1ccc(F)cc1. The molecule has 31 heavy (non-hydrogen) atoms. The Morgan fingerprint density at radius 3 is 2.71 bits per heavy atom. The van der Waals surface area contributed by atoms with Gasteiger partial charge in [-0.25, -0.2) is 9.37 Å². The van der Waals surface area contributed by atoms with Crippen molar-refractivity contribution in [2.24, 2.45) is 0 Å². The number of amides is 2. The molecule has 3 heterocycles. The standard InChI is InChI=1S/C22H21FN6O2/c1-12(13-2-4-16(23)5-3-13)25-18-10-19(26-17-6-7-17)29-21(27-18)15(11-24-29)8-14-9-20(30)28-22(14)31/h2-5,8,10-12,17,26H,6-7,9H2,1H3,(H,25,27)(H,28,30,31)/t12-/m0/s1. The molecule has 3 N–H and O–H groups in total. The lowest BCUT2D eigenvalue weighted by Gasteiger charge is -2.17. The number of anilines is 2. The third-order valence-corrected chi connectivity index (χ3v) is 5.39. The van der Waals surface area contributed by atoms with Crippen LogP contribution in [-0.4, -0.2) is 32.5 Å². The molecule has 1 atom stereocenters. The molecule has 2 aromatic heterocycles. The predicted octanol–water partition coefficient (Wildman–Crippen LogP) is 3.05. The highest BCUT2D eigenvalue weighted by Crippen LogP contribution is 2.29. The molecule has 3 aromatic rings. The van der Waals surface area contributed by atoms with Gasteiger partial charge in [-0.3, -0.25) is 14.9 Å². The lowest BCUT2D eigenvalue weighted by Crippen LogP contribution is -2.19. The fraction of sp³-hybridized carbons (Fsp3) is 0.273. The van der Waals surface area contributed by atoms with E-state index in [1.165, 1.54) is 12.1 Å². The highest BCUT2D eigenvalue weighted by Gasteiger charge is 2.26. The number of hydrogen-bond acceptors (Lipinski definition) is 6. The monoisotopic (exact) mass is 420 g/mol. The van der Waals surface area contributed by atoms with Crippen molar-refractivity contribution in [2.75, 3.05) is 10.6 Å². The van der Waals surface area contributed by atoms with Crippen molar-refractivity contribution in [3.8, 4) is 0 Å². The Hall–Kier alpha value is -3.75. The highest BCUT2D eigenvalue weighted by atomic mass is 19.1. The van der Waals surface area contributed by atoms with E-state index in [4.69, 9.17) is 4.98 Å². The van der Waals surface area contributed by atoms with Gasteiger partial charge in [0.1, 0.15) is 17.5 Å². The van der Waals surface area contributed by atoms with Crippen LogP contribution in [0.4, 0.5) is 16.0 Å². The number of halogens is 1. The zero-order chi connectivity index (χ0) is 21.5. The van der Waals surface area contributed by atoms with Gasteiger partial charge in [-0.2, -0.15) is 9.61 Å². The summed E-state index contributed by atoms with van der Waals surface area (Å²) in [5, 5.41) is 13.5. The number of carbonyl (C=O) groups excluding carboxylic acids is 2.